The van der Waals surface area contributed by atoms with E-state index in [-0.39, 0.29) is 35.7 Å². The van der Waals surface area contributed by atoms with E-state index >= 15 is 0 Å². The van der Waals surface area contributed by atoms with Crippen LogP contribution >= 0.6 is 0 Å². The van der Waals surface area contributed by atoms with E-state index in [0.29, 0.717) is 6.07 Å². The molecule has 20 heavy (non-hydrogen) atoms. The van der Waals surface area contributed by atoms with Crippen LogP contribution < -0.4 is 15.8 Å². The number of methoxy groups -OCH3 is 1. The Morgan fingerprint density at radius 3 is 2.80 bits per heavy atom. The minimum Gasteiger partial charge on any atom is -0.492 e. The first-order valence-electron chi connectivity index (χ1n) is 6.59. The van der Waals surface area contributed by atoms with E-state index in [4.69, 9.17) is 10.5 Å². The third-order valence-corrected chi connectivity index (χ3v) is 3.65. The second-order valence-electron chi connectivity index (χ2n) is 5.08. The summed E-state index contributed by atoms with van der Waals surface area (Å²) >= 11 is 0. The number of carbonyl (C=O) groups excluding carboxylic acids is 1. The molecular formula is C14H18F2N2O2. The summed E-state index contributed by atoms with van der Waals surface area (Å²) in [5.74, 6) is -1.97. The predicted octanol–water partition coefficient (Wildman–Crippen LogP) is 2.43. The number of anilines is 1. The van der Waals surface area contributed by atoms with Crippen LogP contribution in [0.25, 0.3) is 0 Å². The molecule has 1 aromatic rings. The molecule has 0 saturated heterocycles. The van der Waals surface area contributed by atoms with Crippen LogP contribution in [0.4, 0.5) is 14.5 Å². The fourth-order valence-corrected chi connectivity index (χ4v) is 2.62. The molecular weight excluding hydrogens is 266 g/mol. The van der Waals surface area contributed by atoms with Crippen molar-refractivity contribution < 1.29 is 18.3 Å². The third kappa shape index (κ3) is 3.25. The Hall–Kier alpha value is -1.69. The van der Waals surface area contributed by atoms with Gasteiger partial charge >= 0.3 is 0 Å². The van der Waals surface area contributed by atoms with E-state index in [2.05, 4.69) is 5.32 Å². The van der Waals surface area contributed by atoms with Gasteiger partial charge in [0.25, 0.3) is 0 Å². The van der Waals surface area contributed by atoms with Crippen LogP contribution in [-0.2, 0) is 4.79 Å². The lowest BCUT2D eigenvalue weighted by Gasteiger charge is -2.16. The number of rotatable bonds is 4. The number of nitrogens with two attached hydrogens (primary N) is 1. The van der Waals surface area contributed by atoms with Gasteiger partial charge in [-0.1, -0.05) is 6.42 Å². The maximum absolute atomic E-state index is 13.5. The summed E-state index contributed by atoms with van der Waals surface area (Å²) in [7, 11) is 1.26. The highest BCUT2D eigenvalue weighted by Gasteiger charge is 2.26. The Kier molecular flexibility index (Phi) is 4.54. The number of nitrogens with one attached hydrogen (secondary N) is 1. The molecule has 1 saturated carbocycles. The standard InChI is InChI=1S/C14H18F2N2O2/c1-20-14-10(16)6-9(15)7-12(14)18-13(19)5-8-3-2-4-11(8)17/h6-8,11H,2-5,17H2,1H3,(H,18,19)/t8-,11+/m0/s1. The molecule has 1 amide bonds. The van der Waals surface area contributed by atoms with Crippen LogP contribution in [0, 0.1) is 17.6 Å². The Balaban J connectivity index is 2.07. The maximum atomic E-state index is 13.5. The van der Waals surface area contributed by atoms with Crippen molar-refractivity contribution in [2.45, 2.75) is 31.7 Å². The van der Waals surface area contributed by atoms with Crippen molar-refractivity contribution in [1.82, 2.24) is 0 Å². The van der Waals surface area contributed by atoms with E-state index in [1.165, 1.54) is 7.11 Å². The zero-order chi connectivity index (χ0) is 14.7. The van der Waals surface area contributed by atoms with Gasteiger partial charge in [-0.15, -0.1) is 0 Å². The molecule has 0 spiro atoms. The highest BCUT2D eigenvalue weighted by atomic mass is 19.1. The molecule has 6 heteroatoms. The topological polar surface area (TPSA) is 64.3 Å². The Morgan fingerprint density at radius 2 is 2.20 bits per heavy atom. The lowest BCUT2D eigenvalue weighted by atomic mass is 10.00. The molecule has 3 N–H and O–H groups in total. The summed E-state index contributed by atoms with van der Waals surface area (Å²) in [6.45, 7) is 0. The smallest absolute Gasteiger partial charge is 0.224 e. The number of hydrogen-bond acceptors (Lipinski definition) is 3. The van der Waals surface area contributed by atoms with Crippen molar-refractivity contribution in [3.8, 4) is 5.75 Å². The van der Waals surface area contributed by atoms with Gasteiger partial charge < -0.3 is 15.8 Å². The Morgan fingerprint density at radius 1 is 1.45 bits per heavy atom. The van der Waals surface area contributed by atoms with Crippen molar-refractivity contribution in [1.29, 1.82) is 0 Å². The van der Waals surface area contributed by atoms with Gasteiger partial charge in [0, 0.05) is 24.6 Å². The monoisotopic (exact) mass is 284 g/mol. The number of amides is 1. The molecule has 0 unspecified atom stereocenters. The van der Waals surface area contributed by atoms with Crippen molar-refractivity contribution in [3.63, 3.8) is 0 Å². The average Bonchev–Trinajstić information content (AvgIpc) is 2.74. The molecule has 4 nitrogen and oxygen atoms in total. The largest absolute Gasteiger partial charge is 0.492 e. The lowest BCUT2D eigenvalue weighted by Crippen LogP contribution is -2.28. The molecule has 1 fully saturated rings. The SMILES string of the molecule is COc1c(F)cc(F)cc1NC(=O)C[C@@H]1CCC[C@H]1N. The van der Waals surface area contributed by atoms with Crippen LogP contribution in [0.3, 0.4) is 0 Å². The highest BCUT2D eigenvalue weighted by Crippen LogP contribution is 2.31. The van der Waals surface area contributed by atoms with Crippen molar-refractivity contribution in [2.24, 2.45) is 11.7 Å². The fraction of sp³-hybridized carbons (Fsp3) is 0.500. The van der Waals surface area contributed by atoms with Gasteiger partial charge in [0.1, 0.15) is 5.82 Å². The number of benzene rings is 1. The van der Waals surface area contributed by atoms with E-state index < -0.39 is 11.6 Å². The van der Waals surface area contributed by atoms with E-state index in [0.717, 1.165) is 25.3 Å². The van der Waals surface area contributed by atoms with Gasteiger partial charge in [-0.3, -0.25) is 4.79 Å². The second-order valence-corrected chi connectivity index (χ2v) is 5.08. The molecule has 1 aromatic carbocycles. The van der Waals surface area contributed by atoms with Crippen LogP contribution in [-0.4, -0.2) is 19.1 Å². The summed E-state index contributed by atoms with van der Waals surface area (Å²) in [6.07, 6.45) is 3.08. The number of carbonyl (C=O) groups is 1. The normalized spacial score (nSPS) is 21.8. The molecule has 2 atom stereocenters. The average molecular weight is 284 g/mol. The van der Waals surface area contributed by atoms with Gasteiger partial charge in [0.15, 0.2) is 11.6 Å². The first-order chi connectivity index (χ1) is 9.51. The summed E-state index contributed by atoms with van der Waals surface area (Å²) in [5, 5.41) is 2.49. The fourth-order valence-electron chi connectivity index (χ4n) is 2.62. The van der Waals surface area contributed by atoms with Crippen LogP contribution in [0.1, 0.15) is 25.7 Å². The second kappa shape index (κ2) is 6.17. The summed E-state index contributed by atoms with van der Waals surface area (Å²) in [6, 6.07) is 1.77. The summed E-state index contributed by atoms with van der Waals surface area (Å²) in [5.41, 5.74) is 5.90. The number of ether oxygens (including phenoxy) is 1. The Labute approximate surface area is 116 Å². The lowest BCUT2D eigenvalue weighted by molar-refractivity contribution is -0.117. The van der Waals surface area contributed by atoms with E-state index in [1.807, 2.05) is 0 Å². The molecule has 0 aliphatic heterocycles. The van der Waals surface area contributed by atoms with Gasteiger partial charge in [0.2, 0.25) is 5.91 Å². The minimum absolute atomic E-state index is 0.00145. The van der Waals surface area contributed by atoms with Gasteiger partial charge in [0.05, 0.1) is 12.8 Å². The van der Waals surface area contributed by atoms with Gasteiger partial charge in [-0.05, 0) is 18.8 Å². The molecule has 1 aliphatic rings. The summed E-state index contributed by atoms with van der Waals surface area (Å²) < 4.78 is 31.5. The van der Waals surface area contributed by atoms with Crippen molar-refractivity contribution >= 4 is 11.6 Å². The number of hydrogen-bond donors (Lipinski definition) is 2. The van der Waals surface area contributed by atoms with Gasteiger partial charge in [-0.2, -0.15) is 0 Å². The first-order valence-corrected chi connectivity index (χ1v) is 6.59. The maximum Gasteiger partial charge on any atom is 0.224 e. The Bertz CT molecular complexity index is 508. The zero-order valence-electron chi connectivity index (χ0n) is 11.3. The molecule has 2 rings (SSSR count). The minimum atomic E-state index is -0.847. The predicted molar refractivity (Wildman–Crippen MR) is 71.5 cm³/mol. The molecule has 0 radical (unpaired) electrons. The first kappa shape index (κ1) is 14.7. The van der Waals surface area contributed by atoms with Crippen molar-refractivity contribution in [2.75, 3.05) is 12.4 Å². The molecule has 110 valence electrons. The highest BCUT2D eigenvalue weighted by molar-refractivity contribution is 5.92. The molecule has 1 aliphatic carbocycles. The van der Waals surface area contributed by atoms with Gasteiger partial charge in [-0.25, -0.2) is 8.78 Å². The van der Waals surface area contributed by atoms with E-state index in [9.17, 15) is 13.6 Å². The third-order valence-electron chi connectivity index (χ3n) is 3.65. The van der Waals surface area contributed by atoms with Crippen LogP contribution in [0.2, 0.25) is 0 Å². The van der Waals surface area contributed by atoms with E-state index in [1.54, 1.807) is 0 Å². The molecule has 0 heterocycles. The summed E-state index contributed by atoms with van der Waals surface area (Å²) in [4.78, 5) is 11.9. The quantitative estimate of drug-likeness (QED) is 0.892. The van der Waals surface area contributed by atoms with Crippen molar-refractivity contribution in [3.05, 3.63) is 23.8 Å². The van der Waals surface area contributed by atoms with Crippen LogP contribution in [0.5, 0.6) is 5.75 Å². The molecule has 0 aromatic heterocycles. The number of halogens is 2. The molecule has 0 bridgehead atoms. The van der Waals surface area contributed by atoms with Crippen LogP contribution in [0.15, 0.2) is 12.1 Å². The zero-order valence-corrected chi connectivity index (χ0v) is 11.3.